The predicted octanol–water partition coefficient (Wildman–Crippen LogP) is 5.56. The van der Waals surface area contributed by atoms with E-state index in [0.717, 1.165) is 24.6 Å². The van der Waals surface area contributed by atoms with Crippen molar-refractivity contribution >= 4 is 22.7 Å². The first-order chi connectivity index (χ1) is 16.5. The maximum absolute atomic E-state index is 13.9. The number of amides is 1. The van der Waals surface area contributed by atoms with Gasteiger partial charge in [0.1, 0.15) is 23.0 Å². The van der Waals surface area contributed by atoms with E-state index in [-0.39, 0.29) is 22.3 Å². The number of fused-ring (bicyclic) bond motifs is 2. The molecule has 4 aromatic rings. The Labute approximate surface area is 195 Å². The van der Waals surface area contributed by atoms with Gasteiger partial charge in [-0.2, -0.15) is 0 Å². The Bertz CT molecular complexity index is 1450. The van der Waals surface area contributed by atoms with Crippen LogP contribution < -0.4 is 15.1 Å². The van der Waals surface area contributed by atoms with E-state index in [9.17, 15) is 14.0 Å². The molecule has 6 nitrogen and oxygen atoms in total. The maximum Gasteiger partial charge on any atom is 0.296 e. The Balaban J connectivity index is 1.68. The van der Waals surface area contributed by atoms with Crippen molar-refractivity contribution in [3.63, 3.8) is 0 Å². The molecule has 1 atom stereocenters. The summed E-state index contributed by atoms with van der Waals surface area (Å²) in [6.07, 6.45) is 1.98. The maximum atomic E-state index is 13.9. The average molecular weight is 458 g/mol. The van der Waals surface area contributed by atoms with Crippen molar-refractivity contribution in [2.45, 2.75) is 32.7 Å². The van der Waals surface area contributed by atoms with E-state index in [1.165, 1.54) is 17.0 Å². The van der Waals surface area contributed by atoms with Gasteiger partial charge < -0.3 is 9.15 Å². The molecule has 0 N–H and O–H groups in total. The molecule has 34 heavy (non-hydrogen) atoms. The lowest BCUT2D eigenvalue weighted by Crippen LogP contribution is -2.30. The predicted molar refractivity (Wildman–Crippen MR) is 127 cm³/mol. The van der Waals surface area contributed by atoms with E-state index in [4.69, 9.17) is 9.15 Å². The standard InChI is InChI=1S/C27H23FN2O4/c1-3-4-14-33-19-11-8-17(9-12-19)24-23-25(31)20-15-18(28)10-13-21(20)34-26(23)27(32)30(24)22-7-5-6-16(2)29-22/h5-13,15,24H,3-4,14H2,1-2H3. The fraction of sp³-hybridized carbons (Fsp3) is 0.222. The molecule has 1 unspecified atom stereocenters. The Morgan fingerprint density at radius 3 is 2.62 bits per heavy atom. The van der Waals surface area contributed by atoms with Crippen LogP contribution >= 0.6 is 0 Å². The SMILES string of the molecule is CCCCOc1ccc(C2c3c(oc4ccc(F)cc4c3=O)C(=O)N2c2cccc(C)n2)cc1. The van der Waals surface area contributed by atoms with Gasteiger partial charge in [-0.05, 0) is 61.4 Å². The minimum atomic E-state index is -0.773. The number of aromatic nitrogens is 1. The van der Waals surface area contributed by atoms with Crippen molar-refractivity contribution in [1.82, 2.24) is 4.98 Å². The lowest BCUT2D eigenvalue weighted by molar-refractivity contribution is 0.0970. The summed E-state index contributed by atoms with van der Waals surface area (Å²) in [5, 5.41) is 0.0927. The molecule has 3 heterocycles. The minimum absolute atomic E-state index is 0.0549. The van der Waals surface area contributed by atoms with Crippen LogP contribution in [0.1, 0.15) is 53.2 Å². The fourth-order valence-electron chi connectivity index (χ4n) is 4.24. The number of unbranched alkanes of at least 4 members (excludes halogenated alkanes) is 1. The van der Waals surface area contributed by atoms with Crippen LogP contribution in [0.25, 0.3) is 11.0 Å². The summed E-state index contributed by atoms with van der Waals surface area (Å²) in [5.74, 6) is 0.0331. The van der Waals surface area contributed by atoms with Crippen LogP contribution in [0.15, 0.2) is 69.9 Å². The van der Waals surface area contributed by atoms with Crippen molar-refractivity contribution in [1.29, 1.82) is 0 Å². The van der Waals surface area contributed by atoms with E-state index in [1.807, 2.05) is 37.3 Å². The molecule has 172 valence electrons. The summed E-state index contributed by atoms with van der Waals surface area (Å²) >= 11 is 0. The number of aryl methyl sites for hydroxylation is 1. The molecule has 1 aliphatic rings. The van der Waals surface area contributed by atoms with Crippen LogP contribution in [0, 0.1) is 12.7 Å². The molecule has 7 heteroatoms. The normalized spacial score (nSPS) is 15.1. The molecule has 0 radical (unpaired) electrons. The van der Waals surface area contributed by atoms with Crippen molar-refractivity contribution in [3.8, 4) is 5.75 Å². The van der Waals surface area contributed by atoms with Gasteiger partial charge in [0.05, 0.1) is 23.6 Å². The molecule has 0 saturated carbocycles. The van der Waals surface area contributed by atoms with Gasteiger partial charge in [0.15, 0.2) is 5.43 Å². The number of carbonyl (C=O) groups is 1. The first kappa shape index (κ1) is 21.8. The summed E-state index contributed by atoms with van der Waals surface area (Å²) in [4.78, 5) is 33.1. The number of nitrogens with zero attached hydrogens (tertiary/aromatic N) is 2. The molecule has 2 aromatic carbocycles. The van der Waals surface area contributed by atoms with Gasteiger partial charge in [-0.1, -0.05) is 31.5 Å². The van der Waals surface area contributed by atoms with Crippen molar-refractivity contribution in [2.24, 2.45) is 0 Å². The average Bonchev–Trinajstić information content (AvgIpc) is 3.13. The molecule has 0 saturated heterocycles. The molecule has 2 aromatic heterocycles. The van der Waals surface area contributed by atoms with Crippen LogP contribution in [-0.4, -0.2) is 17.5 Å². The Morgan fingerprint density at radius 2 is 1.88 bits per heavy atom. The summed E-state index contributed by atoms with van der Waals surface area (Å²) in [6.45, 7) is 4.53. The monoisotopic (exact) mass is 458 g/mol. The second kappa shape index (κ2) is 8.74. The second-order valence-corrected chi connectivity index (χ2v) is 8.30. The lowest BCUT2D eigenvalue weighted by atomic mass is 9.98. The summed E-state index contributed by atoms with van der Waals surface area (Å²) in [6, 6.07) is 15.6. The number of rotatable bonds is 6. The number of anilines is 1. The first-order valence-electron chi connectivity index (χ1n) is 11.2. The van der Waals surface area contributed by atoms with Gasteiger partial charge in [0, 0.05) is 5.69 Å². The molecular weight excluding hydrogens is 435 g/mol. The van der Waals surface area contributed by atoms with E-state index < -0.39 is 23.2 Å². The molecule has 0 spiro atoms. The summed E-state index contributed by atoms with van der Waals surface area (Å²) < 4.78 is 25.6. The van der Waals surface area contributed by atoms with E-state index in [0.29, 0.717) is 23.7 Å². The Hall–Kier alpha value is -4.00. The Morgan fingerprint density at radius 1 is 1.09 bits per heavy atom. The topological polar surface area (TPSA) is 72.6 Å². The van der Waals surface area contributed by atoms with Crippen LogP contribution in [0.5, 0.6) is 5.75 Å². The van der Waals surface area contributed by atoms with E-state index >= 15 is 0 Å². The van der Waals surface area contributed by atoms with E-state index in [1.54, 1.807) is 12.1 Å². The summed E-state index contributed by atoms with van der Waals surface area (Å²) in [5.41, 5.74) is 1.32. The Kier molecular flexibility index (Phi) is 5.61. The lowest BCUT2D eigenvalue weighted by Gasteiger charge is -2.24. The molecule has 1 amide bonds. The molecule has 1 aliphatic heterocycles. The molecule has 0 bridgehead atoms. The number of halogens is 1. The zero-order valence-electron chi connectivity index (χ0n) is 18.9. The third-order valence-electron chi connectivity index (χ3n) is 5.92. The highest BCUT2D eigenvalue weighted by Gasteiger charge is 2.44. The van der Waals surface area contributed by atoms with Crippen LogP contribution in [0.3, 0.4) is 0 Å². The smallest absolute Gasteiger partial charge is 0.296 e. The van der Waals surface area contributed by atoms with E-state index in [2.05, 4.69) is 11.9 Å². The number of pyridine rings is 1. The highest BCUT2D eigenvalue weighted by atomic mass is 19.1. The minimum Gasteiger partial charge on any atom is -0.494 e. The molecular formula is C27H23FN2O4. The molecule has 0 aliphatic carbocycles. The fourth-order valence-corrected chi connectivity index (χ4v) is 4.24. The highest BCUT2D eigenvalue weighted by Crippen LogP contribution is 2.41. The van der Waals surface area contributed by atoms with Gasteiger partial charge in [-0.3, -0.25) is 14.5 Å². The van der Waals surface area contributed by atoms with Gasteiger partial charge in [0.2, 0.25) is 5.76 Å². The van der Waals surface area contributed by atoms with Gasteiger partial charge in [-0.25, -0.2) is 9.37 Å². The second-order valence-electron chi connectivity index (χ2n) is 8.30. The molecule has 0 fully saturated rings. The van der Waals surface area contributed by atoms with Gasteiger partial charge in [-0.15, -0.1) is 0 Å². The third-order valence-corrected chi connectivity index (χ3v) is 5.92. The van der Waals surface area contributed by atoms with Gasteiger partial charge in [0.25, 0.3) is 5.91 Å². The first-order valence-corrected chi connectivity index (χ1v) is 11.2. The zero-order chi connectivity index (χ0) is 23.8. The van der Waals surface area contributed by atoms with Crippen LogP contribution in [-0.2, 0) is 0 Å². The number of ether oxygens (including phenoxy) is 1. The number of hydrogen-bond acceptors (Lipinski definition) is 5. The number of benzene rings is 2. The van der Waals surface area contributed by atoms with Gasteiger partial charge >= 0.3 is 0 Å². The van der Waals surface area contributed by atoms with Crippen molar-refractivity contribution in [2.75, 3.05) is 11.5 Å². The van der Waals surface area contributed by atoms with Crippen molar-refractivity contribution < 1.29 is 18.3 Å². The van der Waals surface area contributed by atoms with Crippen LogP contribution in [0.2, 0.25) is 0 Å². The summed E-state index contributed by atoms with van der Waals surface area (Å²) in [7, 11) is 0. The number of hydrogen-bond donors (Lipinski definition) is 0. The number of carbonyl (C=O) groups excluding carboxylic acids is 1. The molecule has 5 rings (SSSR count). The third kappa shape index (κ3) is 3.73. The zero-order valence-corrected chi connectivity index (χ0v) is 18.9. The van der Waals surface area contributed by atoms with Crippen molar-refractivity contribution in [3.05, 3.63) is 99.3 Å². The highest BCUT2D eigenvalue weighted by molar-refractivity contribution is 6.10. The quantitative estimate of drug-likeness (QED) is 0.354. The van der Waals surface area contributed by atoms with Crippen LogP contribution in [0.4, 0.5) is 10.2 Å². The largest absolute Gasteiger partial charge is 0.494 e.